The summed E-state index contributed by atoms with van der Waals surface area (Å²) < 4.78 is 31.4. The number of anilines is 1. The summed E-state index contributed by atoms with van der Waals surface area (Å²) in [6, 6.07) is 12.9. The first-order chi connectivity index (χ1) is 18.0. The molecular weight excluding hydrogens is 494 g/mol. The largest absolute Gasteiger partial charge is 0.340 e. The summed E-state index contributed by atoms with van der Waals surface area (Å²) in [4.78, 5) is 26.4. The third kappa shape index (κ3) is 4.32. The maximum atomic E-state index is 13.9. The number of sulfonamides is 1. The molecule has 12 heteroatoms. The number of piperidine rings is 1. The summed E-state index contributed by atoms with van der Waals surface area (Å²) in [7, 11) is -3.74. The lowest BCUT2D eigenvalue weighted by molar-refractivity contribution is 0.0705. The van der Waals surface area contributed by atoms with Gasteiger partial charge in [-0.15, -0.1) is 0 Å². The number of carbonyl (C=O) groups excluding carboxylic acids is 1. The van der Waals surface area contributed by atoms with Gasteiger partial charge < -0.3 is 9.47 Å². The van der Waals surface area contributed by atoms with Gasteiger partial charge in [-0.25, -0.2) is 28.8 Å². The first-order valence-corrected chi connectivity index (χ1v) is 13.4. The lowest BCUT2D eigenvalue weighted by Crippen LogP contribution is -2.41. The number of benzene rings is 2. The van der Waals surface area contributed by atoms with Crippen molar-refractivity contribution in [3.63, 3.8) is 0 Å². The van der Waals surface area contributed by atoms with Gasteiger partial charge in [-0.2, -0.15) is 4.31 Å². The molecule has 0 spiro atoms. The summed E-state index contributed by atoms with van der Waals surface area (Å²) in [5.74, 6) is 0.107. The number of hydrogen-bond acceptors (Lipinski definition) is 8. The Labute approximate surface area is 213 Å². The zero-order valence-corrected chi connectivity index (χ0v) is 20.6. The number of hydrogen-bond donors (Lipinski definition) is 2. The van der Waals surface area contributed by atoms with Crippen molar-refractivity contribution in [2.24, 2.45) is 11.8 Å². The van der Waals surface area contributed by atoms with Gasteiger partial charge in [0.05, 0.1) is 16.8 Å². The van der Waals surface area contributed by atoms with Gasteiger partial charge in [-0.3, -0.25) is 10.0 Å². The molecule has 2 aromatic carbocycles. The molecule has 1 saturated carbocycles. The van der Waals surface area contributed by atoms with E-state index in [1.807, 2.05) is 46.0 Å². The molecule has 1 aliphatic carbocycles. The summed E-state index contributed by atoms with van der Waals surface area (Å²) >= 11 is 0. The SMILES string of the molecule is O=C(NO)c1cnc(N2CC3C(C2)C3N(CCn2ccnc2)S(=O)(=O)c2ccc3ccccc3c2)nc1. The van der Waals surface area contributed by atoms with Crippen LogP contribution in [-0.2, 0) is 16.6 Å². The molecule has 3 heterocycles. The van der Waals surface area contributed by atoms with Gasteiger partial charge in [-0.05, 0) is 34.7 Å². The number of aromatic nitrogens is 4. The topological polar surface area (TPSA) is 134 Å². The van der Waals surface area contributed by atoms with Crippen LogP contribution in [0.4, 0.5) is 5.95 Å². The molecule has 37 heavy (non-hydrogen) atoms. The highest BCUT2D eigenvalue weighted by Gasteiger charge is 2.61. The zero-order chi connectivity index (χ0) is 25.6. The first-order valence-electron chi connectivity index (χ1n) is 11.9. The van der Waals surface area contributed by atoms with Crippen LogP contribution in [0, 0.1) is 11.8 Å². The monoisotopic (exact) mass is 519 g/mol. The van der Waals surface area contributed by atoms with E-state index in [1.54, 1.807) is 34.4 Å². The van der Waals surface area contributed by atoms with E-state index in [4.69, 9.17) is 5.21 Å². The smallest absolute Gasteiger partial charge is 0.277 e. The number of carbonyl (C=O) groups is 1. The van der Waals surface area contributed by atoms with Crippen LogP contribution in [0.2, 0.25) is 0 Å². The molecule has 0 radical (unpaired) electrons. The molecule has 1 amide bonds. The second-order valence-electron chi connectivity index (χ2n) is 9.36. The average Bonchev–Trinajstić information content (AvgIpc) is 3.28. The third-order valence-electron chi connectivity index (χ3n) is 7.23. The van der Waals surface area contributed by atoms with Crippen LogP contribution in [0.15, 0.2) is 78.5 Å². The maximum absolute atomic E-state index is 13.9. The van der Waals surface area contributed by atoms with Crippen LogP contribution in [-0.4, -0.2) is 69.0 Å². The Balaban J connectivity index is 1.23. The Morgan fingerprint density at radius 1 is 1.08 bits per heavy atom. The molecule has 4 aromatic rings. The second-order valence-corrected chi connectivity index (χ2v) is 11.3. The van der Waals surface area contributed by atoms with Gasteiger partial charge in [0.25, 0.3) is 5.91 Å². The van der Waals surface area contributed by atoms with Crippen molar-refractivity contribution >= 4 is 32.7 Å². The summed E-state index contributed by atoms with van der Waals surface area (Å²) in [6.07, 6.45) is 7.91. The highest BCUT2D eigenvalue weighted by Crippen LogP contribution is 2.51. The van der Waals surface area contributed by atoms with Crippen molar-refractivity contribution in [2.45, 2.75) is 17.5 Å². The number of nitrogens with one attached hydrogen (secondary N) is 1. The average molecular weight is 520 g/mol. The van der Waals surface area contributed by atoms with Crippen LogP contribution in [0.3, 0.4) is 0 Å². The fraction of sp³-hybridized carbons (Fsp3) is 0.280. The van der Waals surface area contributed by atoms with E-state index >= 15 is 0 Å². The predicted octanol–water partition coefficient (Wildman–Crippen LogP) is 1.77. The highest BCUT2D eigenvalue weighted by atomic mass is 32.2. The number of hydroxylamine groups is 1. The highest BCUT2D eigenvalue weighted by molar-refractivity contribution is 7.89. The molecule has 11 nitrogen and oxygen atoms in total. The van der Waals surface area contributed by atoms with Crippen LogP contribution >= 0.6 is 0 Å². The molecule has 190 valence electrons. The van der Waals surface area contributed by atoms with Crippen molar-refractivity contribution in [1.29, 1.82) is 0 Å². The summed E-state index contributed by atoms with van der Waals surface area (Å²) in [6.45, 7) is 2.08. The number of rotatable bonds is 8. The molecule has 2 fully saturated rings. The summed E-state index contributed by atoms with van der Waals surface area (Å²) in [5.41, 5.74) is 1.71. The predicted molar refractivity (Wildman–Crippen MR) is 134 cm³/mol. The molecule has 1 saturated heterocycles. The van der Waals surface area contributed by atoms with Gasteiger partial charge in [0.15, 0.2) is 0 Å². The van der Waals surface area contributed by atoms with Gasteiger partial charge in [0, 0.05) is 57.0 Å². The molecule has 2 unspecified atom stereocenters. The minimum Gasteiger partial charge on any atom is -0.340 e. The van der Waals surface area contributed by atoms with Crippen molar-refractivity contribution < 1.29 is 18.4 Å². The Morgan fingerprint density at radius 2 is 1.81 bits per heavy atom. The second kappa shape index (κ2) is 9.21. The van der Waals surface area contributed by atoms with E-state index < -0.39 is 15.9 Å². The van der Waals surface area contributed by atoms with Gasteiger partial charge in [0.1, 0.15) is 0 Å². The number of imidazole rings is 1. The fourth-order valence-electron chi connectivity index (χ4n) is 5.28. The van der Waals surface area contributed by atoms with E-state index in [-0.39, 0.29) is 23.4 Å². The molecule has 0 bridgehead atoms. The quantitative estimate of drug-likeness (QED) is 0.266. The lowest BCUT2D eigenvalue weighted by atomic mass is 10.1. The van der Waals surface area contributed by atoms with Gasteiger partial charge in [-0.1, -0.05) is 30.3 Å². The molecule has 1 aliphatic heterocycles. The normalized spacial score (nSPS) is 20.8. The molecule has 2 aromatic heterocycles. The van der Waals surface area contributed by atoms with E-state index in [0.717, 1.165) is 10.8 Å². The molecule has 2 atom stereocenters. The molecular formula is C25H25N7O4S. The number of nitrogens with zero attached hydrogens (tertiary/aromatic N) is 6. The van der Waals surface area contributed by atoms with E-state index in [0.29, 0.717) is 37.0 Å². The van der Waals surface area contributed by atoms with Crippen molar-refractivity contribution in [2.75, 3.05) is 24.5 Å². The zero-order valence-electron chi connectivity index (χ0n) is 19.8. The Hall–Kier alpha value is -3.87. The van der Waals surface area contributed by atoms with Crippen molar-refractivity contribution in [3.8, 4) is 0 Å². The van der Waals surface area contributed by atoms with Crippen molar-refractivity contribution in [1.82, 2.24) is 29.3 Å². The summed E-state index contributed by atoms with van der Waals surface area (Å²) in [5, 5.41) is 10.6. The van der Waals surface area contributed by atoms with E-state index in [9.17, 15) is 13.2 Å². The fourth-order valence-corrected chi connectivity index (χ4v) is 7.02. The minimum atomic E-state index is -3.74. The Bertz CT molecular complexity index is 1530. The molecule has 6 rings (SSSR count). The Kier molecular flexibility index (Phi) is 5.86. The standard InChI is InChI=1S/C25H25N7O4S/c33-24(29-34)19-12-27-25(28-13-19)31-14-21-22(15-31)23(21)32(10-9-30-8-7-26-16-30)37(35,36)20-6-5-17-3-1-2-4-18(17)11-20/h1-8,11-13,16,21-23,34H,9-10,14-15H2,(H,29,33). The molecule has 2 aliphatic rings. The van der Waals surface area contributed by atoms with Crippen molar-refractivity contribution in [3.05, 3.63) is 79.1 Å². The van der Waals surface area contributed by atoms with Crippen LogP contribution < -0.4 is 10.4 Å². The molecule has 2 N–H and O–H groups in total. The first kappa shape index (κ1) is 23.5. The minimum absolute atomic E-state index is 0.115. The number of fused-ring (bicyclic) bond motifs is 2. The van der Waals surface area contributed by atoms with Crippen LogP contribution in [0.25, 0.3) is 10.8 Å². The maximum Gasteiger partial charge on any atom is 0.277 e. The van der Waals surface area contributed by atoms with Crippen LogP contribution in [0.1, 0.15) is 10.4 Å². The van der Waals surface area contributed by atoms with E-state index in [2.05, 4.69) is 15.0 Å². The van der Waals surface area contributed by atoms with E-state index in [1.165, 1.54) is 12.4 Å². The Morgan fingerprint density at radius 3 is 2.49 bits per heavy atom. The van der Waals surface area contributed by atoms with Crippen LogP contribution in [0.5, 0.6) is 0 Å². The number of amides is 1. The third-order valence-corrected chi connectivity index (χ3v) is 9.12. The lowest BCUT2D eigenvalue weighted by Gasteiger charge is -2.27. The van der Waals surface area contributed by atoms with Gasteiger partial charge in [0.2, 0.25) is 16.0 Å². The van der Waals surface area contributed by atoms with Gasteiger partial charge >= 0.3 is 0 Å².